The van der Waals surface area contributed by atoms with Gasteiger partial charge in [0.2, 0.25) is 12.1 Å². The SMILES string of the molecule is CCC(SC1=NNC2C(=O)N(c3ccc(F)cc3)C=CN12)C(=O)Nc1cc(OC)cc(OC)c1. The summed E-state index contributed by atoms with van der Waals surface area (Å²) in [7, 11) is 3.08. The minimum absolute atomic E-state index is 0.214. The number of nitrogens with one attached hydrogen (secondary N) is 2. The van der Waals surface area contributed by atoms with Gasteiger partial charge in [-0.3, -0.25) is 24.8 Å². The second-order valence-electron chi connectivity index (χ2n) is 7.42. The van der Waals surface area contributed by atoms with E-state index in [1.807, 2.05) is 6.92 Å². The van der Waals surface area contributed by atoms with E-state index in [1.54, 1.807) is 35.5 Å². The van der Waals surface area contributed by atoms with Crippen LogP contribution in [-0.2, 0) is 9.59 Å². The molecule has 0 spiro atoms. The lowest BCUT2D eigenvalue weighted by Crippen LogP contribution is -2.52. The van der Waals surface area contributed by atoms with Crippen LogP contribution >= 0.6 is 11.8 Å². The van der Waals surface area contributed by atoms with Crippen LogP contribution in [-0.4, -0.2) is 47.5 Å². The number of carbonyl (C=O) groups is 2. The Morgan fingerprint density at radius 1 is 1.18 bits per heavy atom. The molecule has 0 saturated heterocycles. The average molecular weight is 486 g/mol. The van der Waals surface area contributed by atoms with Crippen LogP contribution in [0.15, 0.2) is 60.0 Å². The lowest BCUT2D eigenvalue weighted by molar-refractivity contribution is -0.122. The number of thioether (sulfide) groups is 1. The first kappa shape index (κ1) is 23.4. The normalized spacial score (nSPS) is 17.6. The van der Waals surface area contributed by atoms with Gasteiger partial charge in [0.05, 0.1) is 19.5 Å². The highest BCUT2D eigenvalue weighted by Crippen LogP contribution is 2.30. The van der Waals surface area contributed by atoms with Crippen LogP contribution < -0.4 is 25.1 Å². The number of amidine groups is 1. The molecule has 2 unspecified atom stereocenters. The summed E-state index contributed by atoms with van der Waals surface area (Å²) in [5.41, 5.74) is 3.92. The van der Waals surface area contributed by atoms with Gasteiger partial charge in [0.25, 0.3) is 5.91 Å². The van der Waals surface area contributed by atoms with Crippen LogP contribution in [0, 0.1) is 5.82 Å². The fourth-order valence-electron chi connectivity index (χ4n) is 3.47. The number of amides is 2. The molecule has 2 aliphatic heterocycles. The predicted molar refractivity (Wildman–Crippen MR) is 129 cm³/mol. The second-order valence-corrected chi connectivity index (χ2v) is 8.59. The molecule has 34 heavy (non-hydrogen) atoms. The molecule has 11 heteroatoms. The number of benzene rings is 2. The summed E-state index contributed by atoms with van der Waals surface area (Å²) in [6.07, 6.45) is 3.09. The Hall–Kier alpha value is -3.73. The number of anilines is 2. The fraction of sp³-hybridized carbons (Fsp3) is 0.261. The van der Waals surface area contributed by atoms with Crippen LogP contribution in [0.1, 0.15) is 13.3 Å². The lowest BCUT2D eigenvalue weighted by atomic mass is 10.2. The Balaban J connectivity index is 1.45. The number of fused-ring (bicyclic) bond motifs is 1. The van der Waals surface area contributed by atoms with Gasteiger partial charge in [-0.25, -0.2) is 4.39 Å². The van der Waals surface area contributed by atoms with Crippen molar-refractivity contribution in [1.29, 1.82) is 0 Å². The third-order valence-corrected chi connectivity index (χ3v) is 6.61. The molecule has 0 bridgehead atoms. The van der Waals surface area contributed by atoms with Crippen molar-refractivity contribution in [2.24, 2.45) is 5.10 Å². The molecule has 2 amide bonds. The number of methoxy groups -OCH3 is 2. The van der Waals surface area contributed by atoms with E-state index in [2.05, 4.69) is 15.8 Å². The van der Waals surface area contributed by atoms with Gasteiger partial charge in [0.1, 0.15) is 17.3 Å². The van der Waals surface area contributed by atoms with Crippen molar-refractivity contribution in [2.45, 2.75) is 24.8 Å². The number of hydrogen-bond donors (Lipinski definition) is 2. The van der Waals surface area contributed by atoms with Crippen LogP contribution in [0.4, 0.5) is 15.8 Å². The van der Waals surface area contributed by atoms with Crippen molar-refractivity contribution in [3.8, 4) is 11.5 Å². The summed E-state index contributed by atoms with van der Waals surface area (Å²) in [4.78, 5) is 29.1. The summed E-state index contributed by atoms with van der Waals surface area (Å²) in [6.45, 7) is 1.90. The van der Waals surface area contributed by atoms with E-state index in [0.29, 0.717) is 34.5 Å². The first-order valence-electron chi connectivity index (χ1n) is 10.5. The highest BCUT2D eigenvalue weighted by molar-refractivity contribution is 8.14. The van der Waals surface area contributed by atoms with Crippen LogP contribution in [0.5, 0.6) is 11.5 Å². The van der Waals surface area contributed by atoms with E-state index in [4.69, 9.17) is 9.47 Å². The molecule has 2 aromatic carbocycles. The molecule has 2 N–H and O–H groups in total. The number of carbonyl (C=O) groups excluding carboxylic acids is 2. The van der Waals surface area contributed by atoms with Crippen molar-refractivity contribution in [2.75, 3.05) is 24.4 Å². The highest BCUT2D eigenvalue weighted by atomic mass is 32.2. The third kappa shape index (κ3) is 4.79. The monoisotopic (exact) mass is 485 g/mol. The van der Waals surface area contributed by atoms with Crippen LogP contribution in [0.2, 0.25) is 0 Å². The van der Waals surface area contributed by atoms with Gasteiger partial charge in [-0.1, -0.05) is 18.7 Å². The quantitative estimate of drug-likeness (QED) is 0.621. The minimum Gasteiger partial charge on any atom is -0.497 e. The fourth-order valence-corrected chi connectivity index (χ4v) is 4.45. The molecular formula is C23H24FN5O4S. The molecule has 0 radical (unpaired) electrons. The Morgan fingerprint density at radius 3 is 2.47 bits per heavy atom. The molecular weight excluding hydrogens is 461 g/mol. The van der Waals surface area contributed by atoms with E-state index >= 15 is 0 Å². The van der Waals surface area contributed by atoms with Gasteiger partial charge in [-0.2, -0.15) is 5.10 Å². The summed E-state index contributed by atoms with van der Waals surface area (Å²) in [6, 6.07) is 10.8. The molecule has 2 heterocycles. The van der Waals surface area contributed by atoms with Gasteiger partial charge in [-0.15, -0.1) is 0 Å². The Bertz CT molecular complexity index is 1120. The van der Waals surface area contributed by atoms with Gasteiger partial charge in [0.15, 0.2) is 5.17 Å². The molecule has 4 rings (SSSR count). The van der Waals surface area contributed by atoms with Crippen molar-refractivity contribution >= 4 is 40.1 Å². The zero-order valence-corrected chi connectivity index (χ0v) is 19.6. The van der Waals surface area contributed by atoms with E-state index in [-0.39, 0.29) is 17.6 Å². The number of hydrazone groups is 1. The second kappa shape index (κ2) is 10.0. The molecule has 0 aromatic heterocycles. The molecule has 2 atom stereocenters. The minimum atomic E-state index is -0.749. The largest absolute Gasteiger partial charge is 0.497 e. The van der Waals surface area contributed by atoms with E-state index < -0.39 is 11.4 Å². The summed E-state index contributed by atoms with van der Waals surface area (Å²) < 4.78 is 23.8. The van der Waals surface area contributed by atoms with Crippen molar-refractivity contribution in [3.63, 3.8) is 0 Å². The average Bonchev–Trinajstić information content (AvgIpc) is 3.26. The van der Waals surface area contributed by atoms with E-state index in [9.17, 15) is 14.0 Å². The molecule has 0 fully saturated rings. The molecule has 2 aliphatic rings. The van der Waals surface area contributed by atoms with Gasteiger partial charge in [0, 0.05) is 42.0 Å². The Labute approximate surface area is 200 Å². The lowest BCUT2D eigenvalue weighted by Gasteiger charge is -2.32. The Morgan fingerprint density at radius 2 is 1.85 bits per heavy atom. The summed E-state index contributed by atoms with van der Waals surface area (Å²) in [5.74, 6) is 0.259. The van der Waals surface area contributed by atoms with E-state index in [1.165, 1.54) is 55.1 Å². The van der Waals surface area contributed by atoms with Crippen LogP contribution in [0.3, 0.4) is 0 Å². The number of rotatable bonds is 7. The highest BCUT2D eigenvalue weighted by Gasteiger charge is 2.39. The molecule has 9 nitrogen and oxygen atoms in total. The standard InChI is InChI=1S/C23H24FN5O4S/c1-4-19(21(30)25-15-11-17(32-2)13-18(12-15)33-3)34-23-27-26-20-22(31)28(9-10-29(20)23)16-7-5-14(24)6-8-16/h5-13,19-20,26H,4H2,1-3H3,(H,25,30). The van der Waals surface area contributed by atoms with Gasteiger partial charge in [-0.05, 0) is 30.7 Å². The number of ether oxygens (including phenoxy) is 2. The maximum atomic E-state index is 13.2. The number of halogens is 1. The Kier molecular flexibility index (Phi) is 6.92. The topological polar surface area (TPSA) is 95.5 Å². The molecule has 0 aliphatic carbocycles. The molecule has 178 valence electrons. The van der Waals surface area contributed by atoms with E-state index in [0.717, 1.165) is 0 Å². The zero-order chi connectivity index (χ0) is 24.2. The first-order valence-corrected chi connectivity index (χ1v) is 11.4. The van der Waals surface area contributed by atoms with Crippen LogP contribution in [0.25, 0.3) is 0 Å². The number of nitrogens with zero attached hydrogens (tertiary/aromatic N) is 3. The smallest absolute Gasteiger partial charge is 0.276 e. The van der Waals surface area contributed by atoms with Crippen molar-refractivity contribution in [3.05, 3.63) is 60.7 Å². The molecule has 0 saturated carbocycles. The molecule has 2 aromatic rings. The summed E-state index contributed by atoms with van der Waals surface area (Å²) in [5, 5.41) is 7.21. The predicted octanol–water partition coefficient (Wildman–Crippen LogP) is 3.31. The van der Waals surface area contributed by atoms with Gasteiger partial charge < -0.3 is 14.8 Å². The zero-order valence-electron chi connectivity index (χ0n) is 18.8. The first-order chi connectivity index (χ1) is 16.4. The van der Waals surface area contributed by atoms with Gasteiger partial charge >= 0.3 is 0 Å². The maximum absolute atomic E-state index is 13.2. The third-order valence-electron chi connectivity index (χ3n) is 5.26. The van der Waals surface area contributed by atoms with Crippen molar-refractivity contribution < 1.29 is 23.5 Å². The summed E-state index contributed by atoms with van der Waals surface area (Å²) >= 11 is 1.25. The number of hydrogen-bond acceptors (Lipinski definition) is 8. The maximum Gasteiger partial charge on any atom is 0.276 e. The van der Waals surface area contributed by atoms with Crippen molar-refractivity contribution in [1.82, 2.24) is 10.3 Å².